The predicted octanol–water partition coefficient (Wildman–Crippen LogP) is 2.84. The van der Waals surface area contributed by atoms with E-state index in [9.17, 15) is 27.2 Å². The average Bonchev–Trinajstić information content (AvgIpc) is 2.87. The molecule has 1 aliphatic heterocycles. The highest BCUT2D eigenvalue weighted by atomic mass is 32.2. The quantitative estimate of drug-likeness (QED) is 0.636. The topological polar surface area (TPSA) is 119 Å². The van der Waals surface area contributed by atoms with Gasteiger partial charge in [0.15, 0.2) is 0 Å². The highest BCUT2D eigenvalue weighted by Crippen LogP contribution is 2.41. The SMILES string of the molecule is COC(=O)[C@H](Cc1ccc(C2CC(=O)N(C(C)(C)C)S2(=O)=O)c(F)c1)NC(=O)OC(C)(C)C. The van der Waals surface area contributed by atoms with E-state index < -0.39 is 56.2 Å². The Kier molecular flexibility index (Phi) is 7.47. The maximum Gasteiger partial charge on any atom is 0.408 e. The van der Waals surface area contributed by atoms with Crippen LogP contribution in [0.3, 0.4) is 0 Å². The highest BCUT2D eigenvalue weighted by molar-refractivity contribution is 7.90. The smallest absolute Gasteiger partial charge is 0.408 e. The van der Waals surface area contributed by atoms with Gasteiger partial charge in [-0.25, -0.2) is 26.7 Å². The Labute approximate surface area is 193 Å². The van der Waals surface area contributed by atoms with Crippen LogP contribution in [-0.2, 0) is 35.5 Å². The Morgan fingerprint density at radius 2 is 1.82 bits per heavy atom. The van der Waals surface area contributed by atoms with Crippen LogP contribution in [0.2, 0.25) is 0 Å². The van der Waals surface area contributed by atoms with Gasteiger partial charge < -0.3 is 14.8 Å². The van der Waals surface area contributed by atoms with E-state index in [0.29, 0.717) is 5.56 Å². The summed E-state index contributed by atoms with van der Waals surface area (Å²) in [4.78, 5) is 36.6. The minimum absolute atomic E-state index is 0.117. The number of carbonyl (C=O) groups is 3. The summed E-state index contributed by atoms with van der Waals surface area (Å²) >= 11 is 0. The van der Waals surface area contributed by atoms with E-state index in [2.05, 4.69) is 5.32 Å². The number of amides is 2. The molecule has 184 valence electrons. The molecule has 1 unspecified atom stereocenters. The molecule has 1 heterocycles. The molecular formula is C22H31FN2O7S. The van der Waals surface area contributed by atoms with Crippen molar-refractivity contribution in [1.82, 2.24) is 9.62 Å². The first kappa shape index (κ1) is 26.6. The molecule has 11 heteroatoms. The van der Waals surface area contributed by atoms with E-state index in [4.69, 9.17) is 9.47 Å². The van der Waals surface area contributed by atoms with Crippen LogP contribution in [0.15, 0.2) is 18.2 Å². The Balaban J connectivity index is 2.28. The minimum Gasteiger partial charge on any atom is -0.467 e. The molecule has 0 radical (unpaired) electrons. The summed E-state index contributed by atoms with van der Waals surface area (Å²) in [7, 11) is -2.95. The highest BCUT2D eigenvalue weighted by Gasteiger charge is 2.50. The molecule has 9 nitrogen and oxygen atoms in total. The van der Waals surface area contributed by atoms with Crippen LogP contribution in [-0.4, -0.2) is 55.0 Å². The van der Waals surface area contributed by atoms with Crippen LogP contribution >= 0.6 is 0 Å². The fourth-order valence-corrected chi connectivity index (χ4v) is 5.86. The number of sulfonamides is 1. The molecule has 0 saturated carbocycles. The van der Waals surface area contributed by atoms with Crippen molar-refractivity contribution in [2.75, 3.05) is 7.11 Å². The number of benzene rings is 1. The Morgan fingerprint density at radius 1 is 1.21 bits per heavy atom. The lowest BCUT2D eigenvalue weighted by atomic mass is 10.0. The van der Waals surface area contributed by atoms with Gasteiger partial charge in [-0.2, -0.15) is 0 Å². The van der Waals surface area contributed by atoms with Gasteiger partial charge in [-0.1, -0.05) is 12.1 Å². The van der Waals surface area contributed by atoms with Crippen LogP contribution in [0.4, 0.5) is 9.18 Å². The van der Waals surface area contributed by atoms with Crippen LogP contribution < -0.4 is 5.32 Å². The van der Waals surface area contributed by atoms with Crippen molar-refractivity contribution in [3.05, 3.63) is 35.1 Å². The van der Waals surface area contributed by atoms with E-state index >= 15 is 0 Å². The molecule has 1 aliphatic rings. The fourth-order valence-electron chi connectivity index (χ4n) is 3.62. The molecule has 1 aromatic rings. The number of esters is 1. The van der Waals surface area contributed by atoms with Gasteiger partial charge in [0, 0.05) is 12.0 Å². The lowest BCUT2D eigenvalue weighted by Gasteiger charge is -2.30. The van der Waals surface area contributed by atoms with Gasteiger partial charge in [-0.05, 0) is 53.2 Å². The molecule has 2 amide bonds. The number of hydrogen-bond donors (Lipinski definition) is 1. The molecule has 1 aromatic carbocycles. The van der Waals surface area contributed by atoms with Gasteiger partial charge in [-0.15, -0.1) is 0 Å². The van der Waals surface area contributed by atoms with Crippen molar-refractivity contribution in [2.24, 2.45) is 0 Å². The van der Waals surface area contributed by atoms with Gasteiger partial charge >= 0.3 is 12.1 Å². The standard InChI is InChI=1S/C22H31FN2O7S/c1-21(2,3)25-18(26)12-17(33(25,29)30)14-9-8-13(10-15(14)23)11-16(19(27)31-7)24-20(28)32-22(4,5)6/h8-10,16-17H,11-12H2,1-7H3,(H,24,28)/t16-,17?/m0/s1. The average molecular weight is 487 g/mol. The third kappa shape index (κ3) is 6.21. The third-order valence-corrected chi connectivity index (χ3v) is 7.24. The zero-order valence-corrected chi connectivity index (χ0v) is 20.7. The fraction of sp³-hybridized carbons (Fsp3) is 0.591. The number of nitrogens with one attached hydrogen (secondary N) is 1. The summed E-state index contributed by atoms with van der Waals surface area (Å²) in [5.41, 5.74) is -1.57. The van der Waals surface area contributed by atoms with Gasteiger partial charge in [0.2, 0.25) is 15.9 Å². The maximum atomic E-state index is 15.0. The number of rotatable bonds is 5. The molecule has 1 fully saturated rings. The van der Waals surface area contributed by atoms with E-state index in [0.717, 1.165) is 17.5 Å². The number of alkyl carbamates (subject to hydrolysis) is 1. The number of ether oxygens (including phenoxy) is 2. The van der Waals surface area contributed by atoms with Gasteiger partial charge in [-0.3, -0.25) is 4.79 Å². The molecule has 33 heavy (non-hydrogen) atoms. The van der Waals surface area contributed by atoms with Crippen LogP contribution in [0.1, 0.15) is 64.3 Å². The lowest BCUT2D eigenvalue weighted by Crippen LogP contribution is -2.45. The first-order valence-corrected chi connectivity index (χ1v) is 11.9. The Hall–Kier alpha value is -2.69. The van der Waals surface area contributed by atoms with Crippen molar-refractivity contribution in [2.45, 2.75) is 76.8 Å². The summed E-state index contributed by atoms with van der Waals surface area (Å²) in [5, 5.41) is 1.06. The molecular weight excluding hydrogens is 455 g/mol. The van der Waals surface area contributed by atoms with E-state index in [1.54, 1.807) is 41.5 Å². The minimum atomic E-state index is -4.10. The zero-order valence-electron chi connectivity index (χ0n) is 19.9. The first-order valence-electron chi connectivity index (χ1n) is 10.4. The molecule has 2 rings (SSSR count). The van der Waals surface area contributed by atoms with Crippen molar-refractivity contribution in [3.63, 3.8) is 0 Å². The molecule has 0 bridgehead atoms. The largest absolute Gasteiger partial charge is 0.467 e. The monoisotopic (exact) mass is 486 g/mol. The van der Waals surface area contributed by atoms with Gasteiger partial charge in [0.25, 0.3) is 0 Å². The first-order chi connectivity index (χ1) is 15.0. The van der Waals surface area contributed by atoms with Crippen LogP contribution in [0.25, 0.3) is 0 Å². The van der Waals surface area contributed by atoms with Crippen LogP contribution in [0.5, 0.6) is 0 Å². The lowest BCUT2D eigenvalue weighted by molar-refractivity contribution is -0.143. The maximum absolute atomic E-state index is 15.0. The van der Waals surface area contributed by atoms with Crippen molar-refractivity contribution in [3.8, 4) is 0 Å². The van der Waals surface area contributed by atoms with E-state index in [-0.39, 0.29) is 18.4 Å². The molecule has 0 aliphatic carbocycles. The summed E-state index contributed by atoms with van der Waals surface area (Å²) in [6, 6.07) is 2.67. The normalized spacial score (nSPS) is 19.2. The molecule has 1 saturated heterocycles. The second kappa shape index (κ2) is 9.28. The second-order valence-electron chi connectivity index (χ2n) is 9.85. The molecule has 0 spiro atoms. The summed E-state index contributed by atoms with van der Waals surface area (Å²) in [6.07, 6.45) is -1.32. The Morgan fingerprint density at radius 3 is 2.27 bits per heavy atom. The van der Waals surface area contributed by atoms with Gasteiger partial charge in [0.05, 0.1) is 19.1 Å². The van der Waals surface area contributed by atoms with Crippen molar-refractivity contribution in [1.29, 1.82) is 0 Å². The van der Waals surface area contributed by atoms with Crippen molar-refractivity contribution < 1.29 is 36.7 Å². The number of nitrogens with zero attached hydrogens (tertiary/aromatic N) is 1. The Bertz CT molecular complexity index is 1040. The van der Waals surface area contributed by atoms with Gasteiger partial charge in [0.1, 0.15) is 22.7 Å². The molecule has 2 atom stereocenters. The number of methoxy groups -OCH3 is 1. The van der Waals surface area contributed by atoms with E-state index in [1.165, 1.54) is 12.1 Å². The second-order valence-corrected chi connectivity index (χ2v) is 11.8. The summed E-state index contributed by atoms with van der Waals surface area (Å²) < 4.78 is 51.5. The summed E-state index contributed by atoms with van der Waals surface area (Å²) in [5.74, 6) is -2.18. The van der Waals surface area contributed by atoms with E-state index in [1.807, 2.05) is 0 Å². The molecule has 0 aromatic heterocycles. The summed E-state index contributed by atoms with van der Waals surface area (Å²) in [6.45, 7) is 9.77. The van der Waals surface area contributed by atoms with Crippen molar-refractivity contribution >= 4 is 28.0 Å². The number of hydrogen-bond acceptors (Lipinski definition) is 7. The predicted molar refractivity (Wildman–Crippen MR) is 118 cm³/mol. The van der Waals surface area contributed by atoms with Crippen LogP contribution in [0, 0.1) is 5.82 Å². The number of halogens is 1. The number of carbonyl (C=O) groups excluding carboxylic acids is 3. The molecule has 1 N–H and O–H groups in total. The zero-order chi connectivity index (χ0) is 25.4. The third-order valence-electron chi connectivity index (χ3n) is 4.84.